The molecule has 1 fully saturated rings. The predicted molar refractivity (Wildman–Crippen MR) is 58.1 cm³/mol. The normalized spacial score (nSPS) is 28.9. The lowest BCUT2D eigenvalue weighted by Gasteiger charge is -2.32. The lowest BCUT2D eigenvalue weighted by molar-refractivity contribution is -0.140. The Balaban J connectivity index is 2.63. The SMILES string of the molecule is CCC(C)N(C)C(=O)C1(C)CCNC1. The highest BCUT2D eigenvalue weighted by molar-refractivity contribution is 5.83. The maximum absolute atomic E-state index is 12.2. The Hall–Kier alpha value is -0.570. The average Bonchev–Trinajstić information content (AvgIpc) is 2.63. The average molecular weight is 198 g/mol. The van der Waals surface area contributed by atoms with Crippen molar-refractivity contribution in [3.05, 3.63) is 0 Å². The molecule has 2 atom stereocenters. The zero-order valence-corrected chi connectivity index (χ0v) is 9.76. The molecule has 14 heavy (non-hydrogen) atoms. The molecule has 2 unspecified atom stereocenters. The first kappa shape index (κ1) is 11.5. The van der Waals surface area contributed by atoms with E-state index < -0.39 is 0 Å². The molecule has 0 aromatic carbocycles. The van der Waals surface area contributed by atoms with Crippen LogP contribution in [0.4, 0.5) is 0 Å². The van der Waals surface area contributed by atoms with Gasteiger partial charge in [0.05, 0.1) is 5.41 Å². The van der Waals surface area contributed by atoms with Crippen LogP contribution in [0.2, 0.25) is 0 Å². The minimum absolute atomic E-state index is 0.168. The summed E-state index contributed by atoms with van der Waals surface area (Å²) >= 11 is 0. The summed E-state index contributed by atoms with van der Waals surface area (Å²) in [6.07, 6.45) is 1.98. The number of carbonyl (C=O) groups excluding carboxylic acids is 1. The van der Waals surface area contributed by atoms with Crippen molar-refractivity contribution in [3.63, 3.8) is 0 Å². The molecule has 3 heteroatoms. The van der Waals surface area contributed by atoms with Crippen molar-refractivity contribution in [1.29, 1.82) is 0 Å². The number of nitrogens with zero attached hydrogens (tertiary/aromatic N) is 1. The van der Waals surface area contributed by atoms with Gasteiger partial charge >= 0.3 is 0 Å². The third-order valence-electron chi connectivity index (χ3n) is 3.46. The maximum Gasteiger partial charge on any atom is 0.229 e. The van der Waals surface area contributed by atoms with Crippen molar-refractivity contribution in [1.82, 2.24) is 10.2 Å². The molecule has 1 aliphatic rings. The topological polar surface area (TPSA) is 32.3 Å². The Morgan fingerprint density at radius 1 is 1.64 bits per heavy atom. The molecule has 3 nitrogen and oxygen atoms in total. The van der Waals surface area contributed by atoms with E-state index in [9.17, 15) is 4.79 Å². The van der Waals surface area contributed by atoms with Gasteiger partial charge < -0.3 is 10.2 Å². The summed E-state index contributed by atoms with van der Waals surface area (Å²) in [5, 5.41) is 3.26. The monoisotopic (exact) mass is 198 g/mol. The maximum atomic E-state index is 12.2. The van der Waals surface area contributed by atoms with Gasteiger partial charge in [0, 0.05) is 19.6 Å². The van der Waals surface area contributed by atoms with E-state index in [2.05, 4.69) is 26.1 Å². The number of amides is 1. The molecule has 0 aliphatic carbocycles. The number of nitrogens with one attached hydrogen (secondary N) is 1. The van der Waals surface area contributed by atoms with Crippen molar-refractivity contribution < 1.29 is 4.79 Å². The van der Waals surface area contributed by atoms with Gasteiger partial charge in [0.1, 0.15) is 0 Å². The fourth-order valence-electron chi connectivity index (χ4n) is 1.90. The molecular weight excluding hydrogens is 176 g/mol. The van der Waals surface area contributed by atoms with E-state index in [1.54, 1.807) is 0 Å². The van der Waals surface area contributed by atoms with E-state index in [-0.39, 0.29) is 11.3 Å². The quantitative estimate of drug-likeness (QED) is 0.740. The van der Waals surface area contributed by atoms with Crippen LogP contribution in [0.5, 0.6) is 0 Å². The molecule has 1 heterocycles. The Labute approximate surface area is 86.9 Å². The Bertz CT molecular complexity index is 209. The van der Waals surface area contributed by atoms with Crippen molar-refractivity contribution in [2.24, 2.45) is 5.41 Å². The van der Waals surface area contributed by atoms with E-state index in [1.807, 2.05) is 11.9 Å². The fourth-order valence-corrected chi connectivity index (χ4v) is 1.90. The fraction of sp³-hybridized carbons (Fsp3) is 0.909. The largest absolute Gasteiger partial charge is 0.343 e. The van der Waals surface area contributed by atoms with Crippen molar-refractivity contribution in [2.45, 2.75) is 39.7 Å². The third kappa shape index (κ3) is 2.08. The lowest BCUT2D eigenvalue weighted by atomic mass is 9.87. The summed E-state index contributed by atoms with van der Waals surface area (Å²) in [5.41, 5.74) is -0.168. The van der Waals surface area contributed by atoms with Gasteiger partial charge in [-0.1, -0.05) is 6.92 Å². The highest BCUT2D eigenvalue weighted by Gasteiger charge is 2.38. The summed E-state index contributed by atoms with van der Waals surface area (Å²) in [7, 11) is 1.92. The van der Waals surface area contributed by atoms with Crippen LogP contribution in [-0.2, 0) is 4.79 Å². The minimum atomic E-state index is -0.168. The summed E-state index contributed by atoms with van der Waals surface area (Å²) in [6.45, 7) is 8.07. The number of carbonyl (C=O) groups is 1. The molecule has 0 aromatic heterocycles. The molecule has 0 radical (unpaired) electrons. The van der Waals surface area contributed by atoms with Crippen LogP contribution in [-0.4, -0.2) is 37.0 Å². The molecule has 0 spiro atoms. The lowest BCUT2D eigenvalue weighted by Crippen LogP contribution is -2.45. The molecule has 1 aliphatic heterocycles. The Morgan fingerprint density at radius 2 is 2.29 bits per heavy atom. The number of rotatable bonds is 3. The Morgan fingerprint density at radius 3 is 2.71 bits per heavy atom. The van der Waals surface area contributed by atoms with Gasteiger partial charge in [0.25, 0.3) is 0 Å². The van der Waals surface area contributed by atoms with Crippen LogP contribution in [0.25, 0.3) is 0 Å². The van der Waals surface area contributed by atoms with Gasteiger partial charge in [-0.2, -0.15) is 0 Å². The van der Waals surface area contributed by atoms with E-state index in [4.69, 9.17) is 0 Å². The van der Waals surface area contributed by atoms with Gasteiger partial charge in [-0.25, -0.2) is 0 Å². The highest BCUT2D eigenvalue weighted by atomic mass is 16.2. The van der Waals surface area contributed by atoms with Gasteiger partial charge in [-0.05, 0) is 33.2 Å². The molecule has 1 amide bonds. The van der Waals surface area contributed by atoms with Crippen LogP contribution >= 0.6 is 0 Å². The summed E-state index contributed by atoms with van der Waals surface area (Å²) in [5.74, 6) is 0.289. The summed E-state index contributed by atoms with van der Waals surface area (Å²) in [4.78, 5) is 14.0. The second-order valence-electron chi connectivity index (χ2n) is 4.66. The number of hydrogen-bond donors (Lipinski definition) is 1. The van der Waals surface area contributed by atoms with Crippen LogP contribution < -0.4 is 5.32 Å². The second-order valence-corrected chi connectivity index (χ2v) is 4.66. The van der Waals surface area contributed by atoms with Gasteiger partial charge in [0.15, 0.2) is 0 Å². The second kappa shape index (κ2) is 4.30. The first-order chi connectivity index (χ1) is 6.51. The molecule has 1 saturated heterocycles. The van der Waals surface area contributed by atoms with E-state index in [0.29, 0.717) is 6.04 Å². The summed E-state index contributed by atoms with van der Waals surface area (Å²) < 4.78 is 0. The molecular formula is C11H22N2O. The minimum Gasteiger partial charge on any atom is -0.343 e. The first-order valence-electron chi connectivity index (χ1n) is 5.49. The van der Waals surface area contributed by atoms with Crippen molar-refractivity contribution in [3.8, 4) is 0 Å². The highest BCUT2D eigenvalue weighted by Crippen LogP contribution is 2.27. The van der Waals surface area contributed by atoms with Crippen LogP contribution in [0.3, 0.4) is 0 Å². The van der Waals surface area contributed by atoms with Crippen LogP contribution in [0.15, 0.2) is 0 Å². The van der Waals surface area contributed by atoms with Crippen LogP contribution in [0.1, 0.15) is 33.6 Å². The van der Waals surface area contributed by atoms with Crippen molar-refractivity contribution >= 4 is 5.91 Å². The molecule has 82 valence electrons. The van der Waals surface area contributed by atoms with Gasteiger partial charge in [0.2, 0.25) is 5.91 Å². The van der Waals surface area contributed by atoms with E-state index in [0.717, 1.165) is 25.9 Å². The molecule has 0 saturated carbocycles. The number of hydrogen-bond acceptors (Lipinski definition) is 2. The van der Waals surface area contributed by atoms with Crippen LogP contribution in [0, 0.1) is 5.41 Å². The van der Waals surface area contributed by atoms with Gasteiger partial charge in [-0.3, -0.25) is 4.79 Å². The zero-order valence-electron chi connectivity index (χ0n) is 9.76. The van der Waals surface area contributed by atoms with Crippen molar-refractivity contribution in [2.75, 3.05) is 20.1 Å². The molecule has 0 aromatic rings. The van der Waals surface area contributed by atoms with Gasteiger partial charge in [-0.15, -0.1) is 0 Å². The molecule has 1 N–H and O–H groups in total. The predicted octanol–water partition coefficient (Wildman–Crippen LogP) is 1.24. The smallest absolute Gasteiger partial charge is 0.229 e. The standard InChI is InChI=1S/C11H22N2O/c1-5-9(2)13(4)10(14)11(3)6-7-12-8-11/h9,12H,5-8H2,1-4H3. The molecule has 1 rings (SSSR count). The first-order valence-corrected chi connectivity index (χ1v) is 5.49. The molecule has 0 bridgehead atoms. The zero-order chi connectivity index (χ0) is 10.8. The van der Waals surface area contributed by atoms with E-state index >= 15 is 0 Å². The third-order valence-corrected chi connectivity index (χ3v) is 3.46. The van der Waals surface area contributed by atoms with E-state index in [1.165, 1.54) is 0 Å². The summed E-state index contributed by atoms with van der Waals surface area (Å²) in [6, 6.07) is 0.347. The Kier molecular flexibility index (Phi) is 3.53.